The SMILES string of the molecule is O=NC(=O)CCc1ccccc1. The number of carbonyl (C=O) groups excluding carboxylic acids is 1. The number of rotatable bonds is 3. The highest BCUT2D eigenvalue weighted by Gasteiger charge is 2.00. The van der Waals surface area contributed by atoms with Crippen molar-refractivity contribution in [1.82, 2.24) is 0 Å². The Balaban J connectivity index is 2.43. The van der Waals surface area contributed by atoms with Crippen LogP contribution in [0.5, 0.6) is 0 Å². The van der Waals surface area contributed by atoms with Gasteiger partial charge in [-0.3, -0.25) is 4.79 Å². The van der Waals surface area contributed by atoms with Crippen molar-refractivity contribution in [3.05, 3.63) is 40.8 Å². The Morgan fingerprint density at radius 3 is 2.50 bits per heavy atom. The number of nitrogens with zero attached hydrogens (tertiary/aromatic N) is 1. The summed E-state index contributed by atoms with van der Waals surface area (Å²) in [5.41, 5.74) is 1.05. The third kappa shape index (κ3) is 2.62. The fourth-order valence-corrected chi connectivity index (χ4v) is 0.942. The van der Waals surface area contributed by atoms with Gasteiger partial charge in [0.05, 0.1) is 0 Å². The number of hydrogen-bond acceptors (Lipinski definition) is 2. The molecule has 0 fully saturated rings. The Hall–Kier alpha value is -1.51. The predicted octanol–water partition coefficient (Wildman–Crippen LogP) is 1.91. The van der Waals surface area contributed by atoms with Crippen LogP contribution in [0.25, 0.3) is 0 Å². The molecule has 3 nitrogen and oxygen atoms in total. The summed E-state index contributed by atoms with van der Waals surface area (Å²) in [7, 11) is 0. The third-order valence-electron chi connectivity index (χ3n) is 1.57. The zero-order valence-electron chi connectivity index (χ0n) is 6.56. The zero-order valence-corrected chi connectivity index (χ0v) is 6.56. The van der Waals surface area contributed by atoms with E-state index in [0.29, 0.717) is 6.42 Å². The summed E-state index contributed by atoms with van der Waals surface area (Å²) in [6.45, 7) is 0. The van der Waals surface area contributed by atoms with Crippen molar-refractivity contribution in [1.29, 1.82) is 0 Å². The molecule has 0 aliphatic rings. The summed E-state index contributed by atoms with van der Waals surface area (Å²) in [4.78, 5) is 20.2. The van der Waals surface area contributed by atoms with Crippen LogP contribution < -0.4 is 0 Å². The Kier molecular flexibility index (Phi) is 3.14. The molecule has 0 spiro atoms. The minimum absolute atomic E-state index is 0.202. The van der Waals surface area contributed by atoms with E-state index in [1.807, 2.05) is 30.3 Å². The maximum absolute atomic E-state index is 10.5. The van der Waals surface area contributed by atoms with E-state index in [1.54, 1.807) is 0 Å². The molecule has 1 aromatic rings. The van der Waals surface area contributed by atoms with E-state index in [2.05, 4.69) is 5.18 Å². The second kappa shape index (κ2) is 4.38. The van der Waals surface area contributed by atoms with Crippen molar-refractivity contribution in [3.63, 3.8) is 0 Å². The van der Waals surface area contributed by atoms with Crippen LogP contribution in [-0.2, 0) is 11.2 Å². The fraction of sp³-hybridized carbons (Fsp3) is 0.222. The van der Waals surface area contributed by atoms with E-state index >= 15 is 0 Å². The van der Waals surface area contributed by atoms with Gasteiger partial charge >= 0.3 is 0 Å². The van der Waals surface area contributed by atoms with Gasteiger partial charge in [-0.15, -0.1) is 4.91 Å². The molecule has 0 unspecified atom stereocenters. The van der Waals surface area contributed by atoms with E-state index in [0.717, 1.165) is 5.56 Å². The molecule has 0 saturated carbocycles. The maximum Gasteiger partial charge on any atom is 0.286 e. The number of benzene rings is 1. The van der Waals surface area contributed by atoms with Crippen LogP contribution in [0.4, 0.5) is 0 Å². The molecule has 1 rings (SSSR count). The topological polar surface area (TPSA) is 46.5 Å². The first kappa shape index (κ1) is 8.59. The molecular formula is C9H9NO2. The van der Waals surface area contributed by atoms with Crippen LogP contribution in [0, 0.1) is 4.91 Å². The molecule has 0 radical (unpaired) electrons. The van der Waals surface area contributed by atoms with Crippen molar-refractivity contribution < 1.29 is 4.79 Å². The summed E-state index contributed by atoms with van der Waals surface area (Å²) < 4.78 is 0. The van der Waals surface area contributed by atoms with Gasteiger partial charge in [0.25, 0.3) is 5.91 Å². The van der Waals surface area contributed by atoms with Crippen molar-refractivity contribution in [3.8, 4) is 0 Å². The minimum Gasteiger partial charge on any atom is -0.269 e. The monoisotopic (exact) mass is 163 g/mol. The predicted molar refractivity (Wildman–Crippen MR) is 45.6 cm³/mol. The molecule has 0 heterocycles. The summed E-state index contributed by atoms with van der Waals surface area (Å²) in [5.74, 6) is -0.584. The van der Waals surface area contributed by atoms with E-state index in [4.69, 9.17) is 0 Å². The molecule has 62 valence electrons. The zero-order chi connectivity index (χ0) is 8.81. The molecule has 0 aliphatic heterocycles. The van der Waals surface area contributed by atoms with E-state index in [-0.39, 0.29) is 6.42 Å². The third-order valence-corrected chi connectivity index (χ3v) is 1.57. The Morgan fingerprint density at radius 2 is 1.92 bits per heavy atom. The van der Waals surface area contributed by atoms with Gasteiger partial charge in [0.15, 0.2) is 0 Å². The molecular weight excluding hydrogens is 154 g/mol. The van der Waals surface area contributed by atoms with E-state index in [9.17, 15) is 9.70 Å². The molecule has 0 saturated heterocycles. The Labute approximate surface area is 70.4 Å². The highest BCUT2D eigenvalue weighted by atomic mass is 16.3. The lowest BCUT2D eigenvalue weighted by molar-refractivity contribution is -0.117. The van der Waals surface area contributed by atoms with E-state index in [1.165, 1.54) is 0 Å². The van der Waals surface area contributed by atoms with Crippen molar-refractivity contribution in [2.45, 2.75) is 12.8 Å². The average molecular weight is 163 g/mol. The number of carbonyl (C=O) groups is 1. The molecule has 12 heavy (non-hydrogen) atoms. The van der Waals surface area contributed by atoms with Gasteiger partial charge in [0.2, 0.25) is 0 Å². The van der Waals surface area contributed by atoms with Crippen LogP contribution >= 0.6 is 0 Å². The van der Waals surface area contributed by atoms with Gasteiger partial charge in [0.1, 0.15) is 0 Å². The molecule has 3 heteroatoms. The second-order valence-corrected chi connectivity index (χ2v) is 2.47. The number of hydrogen-bond donors (Lipinski definition) is 0. The summed E-state index contributed by atoms with van der Waals surface area (Å²) in [5, 5.41) is 2.31. The quantitative estimate of drug-likeness (QED) is 0.639. The molecule has 0 aromatic heterocycles. The van der Waals surface area contributed by atoms with Crippen LogP contribution in [0.3, 0.4) is 0 Å². The smallest absolute Gasteiger partial charge is 0.269 e. The Bertz CT molecular complexity index is 269. The lowest BCUT2D eigenvalue weighted by Crippen LogP contribution is -1.94. The van der Waals surface area contributed by atoms with Gasteiger partial charge < -0.3 is 0 Å². The fourth-order valence-electron chi connectivity index (χ4n) is 0.942. The van der Waals surface area contributed by atoms with E-state index < -0.39 is 5.91 Å². The highest BCUT2D eigenvalue weighted by molar-refractivity contribution is 5.76. The lowest BCUT2D eigenvalue weighted by atomic mass is 10.1. The standard InChI is InChI=1S/C9H9NO2/c11-9(10-12)7-6-8-4-2-1-3-5-8/h1-5H,6-7H2. The maximum atomic E-state index is 10.5. The molecule has 0 atom stereocenters. The molecule has 1 aromatic carbocycles. The van der Waals surface area contributed by atoms with Gasteiger partial charge in [-0.05, 0) is 12.0 Å². The van der Waals surface area contributed by atoms with Crippen LogP contribution in [0.2, 0.25) is 0 Å². The van der Waals surface area contributed by atoms with Crippen LogP contribution in [0.15, 0.2) is 35.5 Å². The largest absolute Gasteiger partial charge is 0.286 e. The van der Waals surface area contributed by atoms with Crippen molar-refractivity contribution >= 4 is 5.91 Å². The van der Waals surface area contributed by atoms with Gasteiger partial charge in [-0.25, -0.2) is 0 Å². The molecule has 0 aliphatic carbocycles. The number of aryl methyl sites for hydroxylation is 1. The summed E-state index contributed by atoms with van der Waals surface area (Å²) >= 11 is 0. The first-order valence-corrected chi connectivity index (χ1v) is 3.73. The molecule has 1 amide bonds. The first-order chi connectivity index (χ1) is 5.83. The first-order valence-electron chi connectivity index (χ1n) is 3.73. The minimum atomic E-state index is -0.584. The van der Waals surface area contributed by atoms with Gasteiger partial charge in [-0.2, -0.15) is 0 Å². The van der Waals surface area contributed by atoms with Crippen molar-refractivity contribution in [2.24, 2.45) is 5.18 Å². The lowest BCUT2D eigenvalue weighted by Gasteiger charge is -1.95. The van der Waals surface area contributed by atoms with Crippen LogP contribution in [-0.4, -0.2) is 5.91 Å². The van der Waals surface area contributed by atoms with Crippen molar-refractivity contribution in [2.75, 3.05) is 0 Å². The summed E-state index contributed by atoms with van der Waals surface area (Å²) in [6, 6.07) is 9.53. The normalized spacial score (nSPS) is 9.33. The number of amides is 1. The van der Waals surface area contributed by atoms with Crippen LogP contribution in [0.1, 0.15) is 12.0 Å². The summed E-state index contributed by atoms with van der Waals surface area (Å²) in [6.07, 6.45) is 0.791. The second-order valence-electron chi connectivity index (χ2n) is 2.47. The van der Waals surface area contributed by atoms with Gasteiger partial charge in [0, 0.05) is 11.6 Å². The average Bonchev–Trinajstić information content (AvgIpc) is 2.16. The molecule has 0 bridgehead atoms. The highest BCUT2D eigenvalue weighted by Crippen LogP contribution is 2.02. The number of nitroso groups, excluding NO2 is 1. The molecule has 0 N–H and O–H groups in total. The van der Waals surface area contributed by atoms with Gasteiger partial charge in [-0.1, -0.05) is 30.3 Å². The Morgan fingerprint density at radius 1 is 1.25 bits per heavy atom.